The molecule has 0 fully saturated rings. The molecule has 3 aromatic rings. The first kappa shape index (κ1) is 14.0. The maximum absolute atomic E-state index is 3.51. The van der Waals surface area contributed by atoms with Crippen LogP contribution in [0.3, 0.4) is 0 Å². The van der Waals surface area contributed by atoms with Crippen molar-refractivity contribution >= 4 is 26.7 Å². The highest BCUT2D eigenvalue weighted by Crippen LogP contribution is 2.12. The Morgan fingerprint density at radius 3 is 2.47 bits per heavy atom. The summed E-state index contributed by atoms with van der Waals surface area (Å²) < 4.78 is 3.34. The number of halogens is 2. The first-order valence-electron chi connectivity index (χ1n) is 5.93. The summed E-state index contributed by atoms with van der Waals surface area (Å²) in [6.07, 6.45) is 4.32. The number of aromatic nitrogens is 1. The van der Waals surface area contributed by atoms with Crippen LogP contribution >= 0.6 is 15.9 Å². The molecular weight excluding hydrogens is 322 g/mol. The fraction of sp³-hybridized carbons (Fsp3) is 0.0625. The van der Waals surface area contributed by atoms with Gasteiger partial charge in [0.25, 0.3) is 0 Å². The van der Waals surface area contributed by atoms with Gasteiger partial charge in [-0.05, 0) is 23.6 Å². The van der Waals surface area contributed by atoms with Gasteiger partial charge in [-0.15, -0.1) is 0 Å². The van der Waals surface area contributed by atoms with Crippen molar-refractivity contribution in [3.63, 3.8) is 0 Å². The zero-order valence-corrected chi connectivity index (χ0v) is 12.6. The van der Waals surface area contributed by atoms with Crippen LogP contribution < -0.4 is 17.0 Å². The second kappa shape index (κ2) is 6.18. The molecule has 0 aliphatic heterocycles. The molecule has 1 aromatic heterocycles. The lowest BCUT2D eigenvalue weighted by Gasteiger charge is -2.00. The van der Waals surface area contributed by atoms with Crippen LogP contribution in [0.4, 0.5) is 0 Å². The second-order valence-electron chi connectivity index (χ2n) is 4.38. The van der Waals surface area contributed by atoms with E-state index in [-0.39, 0.29) is 12.4 Å². The van der Waals surface area contributed by atoms with Crippen LogP contribution in [0.15, 0.2) is 71.5 Å². The van der Waals surface area contributed by atoms with Crippen LogP contribution in [0.25, 0.3) is 10.8 Å². The molecule has 0 aliphatic rings. The van der Waals surface area contributed by atoms with Crippen molar-refractivity contribution < 1.29 is 17.0 Å². The van der Waals surface area contributed by atoms with Gasteiger partial charge in [0.1, 0.15) is 0 Å². The van der Waals surface area contributed by atoms with Gasteiger partial charge in [0.15, 0.2) is 18.9 Å². The summed E-state index contributed by atoms with van der Waals surface area (Å²) in [4.78, 5) is 0. The average molecular weight is 335 g/mol. The quantitative estimate of drug-likeness (QED) is 0.614. The highest BCUT2D eigenvalue weighted by Gasteiger charge is 2.04. The van der Waals surface area contributed by atoms with Crippen LogP contribution in [0.2, 0.25) is 0 Å². The fourth-order valence-electron chi connectivity index (χ4n) is 2.12. The van der Waals surface area contributed by atoms with E-state index in [1.54, 1.807) is 0 Å². The first-order chi connectivity index (χ1) is 8.81. The van der Waals surface area contributed by atoms with Crippen LogP contribution in [0.1, 0.15) is 5.56 Å². The third-order valence-electron chi connectivity index (χ3n) is 3.00. The summed E-state index contributed by atoms with van der Waals surface area (Å²) in [6, 6.07) is 19.0. The summed E-state index contributed by atoms with van der Waals surface area (Å²) in [6.45, 7) is 0.893. The summed E-state index contributed by atoms with van der Waals surface area (Å²) in [5.74, 6) is 0. The van der Waals surface area contributed by atoms with Gasteiger partial charge in [-0.2, -0.15) is 0 Å². The number of benzene rings is 2. The molecule has 0 saturated heterocycles. The highest BCUT2D eigenvalue weighted by atomic mass is 79.9. The zero-order chi connectivity index (χ0) is 12.4. The molecule has 2 aromatic carbocycles. The minimum atomic E-state index is 0. The lowest BCUT2D eigenvalue weighted by Crippen LogP contribution is -3.00. The van der Waals surface area contributed by atoms with Gasteiger partial charge >= 0.3 is 0 Å². The predicted octanol–water partition coefficient (Wildman–Crippen LogP) is 0.942. The Kier molecular flexibility index (Phi) is 4.56. The highest BCUT2D eigenvalue weighted by molar-refractivity contribution is 9.10. The fourth-order valence-corrected chi connectivity index (χ4v) is 2.57. The van der Waals surface area contributed by atoms with E-state index in [0.29, 0.717) is 0 Å². The number of hydrogen-bond donors (Lipinski definition) is 0. The Bertz CT molecular complexity index is 697. The van der Waals surface area contributed by atoms with Crippen molar-refractivity contribution in [1.82, 2.24) is 0 Å². The Morgan fingerprint density at radius 1 is 0.895 bits per heavy atom. The molecule has 19 heavy (non-hydrogen) atoms. The standard InChI is InChI=1S/C16H13BrN.ClH/c17-16-7-3-4-13(10-16)11-18-9-8-14-5-1-2-6-15(14)12-18;/h1-10,12H,11H2;1H/q+1;/p-1. The van der Waals surface area contributed by atoms with E-state index in [0.717, 1.165) is 11.0 Å². The van der Waals surface area contributed by atoms with Gasteiger partial charge in [-0.1, -0.05) is 46.3 Å². The van der Waals surface area contributed by atoms with E-state index >= 15 is 0 Å². The van der Waals surface area contributed by atoms with E-state index in [1.165, 1.54) is 16.3 Å². The van der Waals surface area contributed by atoms with E-state index in [1.807, 2.05) is 0 Å². The number of pyridine rings is 1. The SMILES string of the molecule is Brc1cccc(C[n+]2ccc3ccccc3c2)c1.[Cl-]. The lowest BCUT2D eigenvalue weighted by molar-refractivity contribution is -0.687. The van der Waals surface area contributed by atoms with Crippen LogP contribution in [0.5, 0.6) is 0 Å². The van der Waals surface area contributed by atoms with Gasteiger partial charge in [0.05, 0.1) is 0 Å². The van der Waals surface area contributed by atoms with Crippen molar-refractivity contribution in [2.45, 2.75) is 6.54 Å². The van der Waals surface area contributed by atoms with Crippen molar-refractivity contribution in [3.8, 4) is 0 Å². The molecule has 3 rings (SSSR count). The molecule has 1 nitrogen and oxygen atoms in total. The molecule has 0 amide bonds. The number of fused-ring (bicyclic) bond motifs is 1. The third kappa shape index (κ3) is 3.34. The molecular formula is C16H13BrClN. The van der Waals surface area contributed by atoms with Crippen molar-refractivity contribution in [2.24, 2.45) is 0 Å². The second-order valence-corrected chi connectivity index (χ2v) is 5.29. The van der Waals surface area contributed by atoms with E-state index in [4.69, 9.17) is 0 Å². The van der Waals surface area contributed by atoms with Crippen molar-refractivity contribution in [2.75, 3.05) is 0 Å². The summed E-state index contributed by atoms with van der Waals surface area (Å²) in [5, 5.41) is 2.55. The molecule has 0 spiro atoms. The topological polar surface area (TPSA) is 3.88 Å². The van der Waals surface area contributed by atoms with E-state index < -0.39 is 0 Å². The van der Waals surface area contributed by atoms with E-state index in [9.17, 15) is 0 Å². The maximum Gasteiger partial charge on any atom is 0.176 e. The predicted molar refractivity (Wildman–Crippen MR) is 77.4 cm³/mol. The van der Waals surface area contributed by atoms with Gasteiger partial charge in [-0.3, -0.25) is 0 Å². The van der Waals surface area contributed by atoms with Gasteiger partial charge < -0.3 is 12.4 Å². The first-order valence-corrected chi connectivity index (χ1v) is 6.73. The summed E-state index contributed by atoms with van der Waals surface area (Å²) in [5.41, 5.74) is 1.30. The minimum Gasteiger partial charge on any atom is -1.00 e. The molecule has 0 atom stereocenters. The molecule has 3 heteroatoms. The number of hydrogen-bond acceptors (Lipinski definition) is 0. The molecule has 0 saturated carbocycles. The molecule has 0 aliphatic carbocycles. The largest absolute Gasteiger partial charge is 1.00 e. The monoisotopic (exact) mass is 333 g/mol. The number of rotatable bonds is 2. The Morgan fingerprint density at radius 2 is 1.68 bits per heavy atom. The van der Waals surface area contributed by atoms with Crippen LogP contribution in [-0.2, 0) is 6.54 Å². The molecule has 96 valence electrons. The molecule has 0 N–H and O–H groups in total. The lowest BCUT2D eigenvalue weighted by atomic mass is 10.1. The Labute approximate surface area is 127 Å². The van der Waals surface area contributed by atoms with Crippen LogP contribution in [-0.4, -0.2) is 0 Å². The molecule has 0 unspecified atom stereocenters. The van der Waals surface area contributed by atoms with Gasteiger partial charge in [0, 0.05) is 21.5 Å². The van der Waals surface area contributed by atoms with E-state index in [2.05, 4.69) is 87.5 Å². The molecule has 0 radical (unpaired) electrons. The van der Waals surface area contributed by atoms with Crippen molar-refractivity contribution in [1.29, 1.82) is 0 Å². The zero-order valence-electron chi connectivity index (χ0n) is 10.3. The van der Waals surface area contributed by atoms with Crippen molar-refractivity contribution in [3.05, 3.63) is 77.0 Å². The maximum atomic E-state index is 3.51. The minimum absolute atomic E-state index is 0. The molecule has 0 bridgehead atoms. The number of nitrogens with zero attached hydrogens (tertiary/aromatic N) is 1. The summed E-state index contributed by atoms with van der Waals surface area (Å²) in [7, 11) is 0. The van der Waals surface area contributed by atoms with Gasteiger partial charge in [-0.25, -0.2) is 4.57 Å². The molecule has 1 heterocycles. The Hall–Kier alpha value is -1.38. The van der Waals surface area contributed by atoms with Crippen LogP contribution in [0, 0.1) is 0 Å². The average Bonchev–Trinajstić information content (AvgIpc) is 2.39. The Balaban J connectivity index is 0.00000133. The third-order valence-corrected chi connectivity index (χ3v) is 3.49. The van der Waals surface area contributed by atoms with Gasteiger partial charge in [0.2, 0.25) is 0 Å². The summed E-state index contributed by atoms with van der Waals surface area (Å²) >= 11 is 3.51. The smallest absolute Gasteiger partial charge is 0.176 e. The normalized spacial score (nSPS) is 10.2.